The highest BCUT2D eigenvalue weighted by atomic mass is 31.2. The largest absolute Gasteiger partial charge is 0.374 e. The van der Waals surface area contributed by atoms with E-state index in [1.807, 2.05) is 62.7 Å². The summed E-state index contributed by atoms with van der Waals surface area (Å²) in [4.78, 5) is 35.2. The number of hydrogen-bond donors (Lipinski definition) is 2. The van der Waals surface area contributed by atoms with Crippen molar-refractivity contribution in [3.63, 3.8) is 0 Å². The van der Waals surface area contributed by atoms with E-state index in [1.165, 1.54) is 12.7 Å². The molecule has 0 bridgehead atoms. The molecule has 1 aliphatic heterocycles. The van der Waals surface area contributed by atoms with Gasteiger partial charge in [0.15, 0.2) is 11.2 Å². The molecule has 0 amide bonds. The Labute approximate surface area is 222 Å². The highest BCUT2D eigenvalue weighted by Gasteiger charge is 2.54. The van der Waals surface area contributed by atoms with Crippen LogP contribution in [0.25, 0.3) is 11.2 Å². The van der Waals surface area contributed by atoms with E-state index in [2.05, 4.69) is 21.0 Å². The number of aromatic nitrogens is 4. The summed E-state index contributed by atoms with van der Waals surface area (Å²) >= 11 is 0. The summed E-state index contributed by atoms with van der Waals surface area (Å²) < 4.78 is 22.7. The lowest BCUT2D eigenvalue weighted by Gasteiger charge is -2.36. The normalized spacial score (nSPS) is 21.4. The van der Waals surface area contributed by atoms with E-state index in [1.54, 1.807) is 4.57 Å². The van der Waals surface area contributed by atoms with Gasteiger partial charge in [-0.25, -0.2) is 14.9 Å². The molecule has 1 fully saturated rings. The van der Waals surface area contributed by atoms with Gasteiger partial charge in [0.1, 0.15) is 24.6 Å². The lowest BCUT2D eigenvalue weighted by Crippen LogP contribution is -2.41. The van der Waals surface area contributed by atoms with Crippen molar-refractivity contribution < 1.29 is 18.9 Å². The quantitative estimate of drug-likeness (QED) is 0.327. The van der Waals surface area contributed by atoms with Crippen LogP contribution in [0, 0.1) is 11.3 Å². The maximum atomic E-state index is 12.2. The molecule has 1 aromatic carbocycles. The van der Waals surface area contributed by atoms with E-state index in [0.717, 1.165) is 5.56 Å². The zero-order valence-electron chi connectivity index (χ0n) is 22.2. The van der Waals surface area contributed by atoms with Gasteiger partial charge >= 0.3 is 7.87 Å². The lowest BCUT2D eigenvalue weighted by atomic mass is 10.2. The van der Waals surface area contributed by atoms with Crippen molar-refractivity contribution in [1.82, 2.24) is 24.2 Å². The van der Waals surface area contributed by atoms with Crippen molar-refractivity contribution in [3.05, 3.63) is 58.9 Å². The molecule has 12 heteroatoms. The number of nitrogens with one attached hydrogen (secondary N) is 1. The molecule has 0 saturated carbocycles. The van der Waals surface area contributed by atoms with E-state index < -0.39 is 26.3 Å². The molecule has 4 rings (SSSR count). The van der Waals surface area contributed by atoms with Gasteiger partial charge in [-0.2, -0.15) is 9.79 Å². The monoisotopic (exact) mass is 543 g/mol. The van der Waals surface area contributed by atoms with Gasteiger partial charge in [0.05, 0.1) is 38.4 Å². The van der Waals surface area contributed by atoms with Crippen molar-refractivity contribution >= 4 is 19.0 Å². The third-order valence-electron chi connectivity index (χ3n) is 6.49. The standard InChI is InChI=1S/C26H35N6O5P/c1-18(2)32(19(3)4)38(34,12-8-11-27)37-21-13-23(31-17-30-24-25(31)28-16-29-26(24)33)36-22(21)15-35-14-20-9-6-5-7-10-20/h5-7,9-10,16-19,21-23,34H,8,12-15H2,1-4H3/p+1/t21-,22+,23+,38?/m0/s1. The number of hydrogen-bond acceptors (Lipinski definition) is 9. The number of nitrogens with zero attached hydrogens (tertiary/aromatic N) is 5. The molecule has 0 spiro atoms. The van der Waals surface area contributed by atoms with Crippen molar-refractivity contribution in [2.45, 2.75) is 77.7 Å². The number of aromatic amines is 1. The Balaban J connectivity index is 1.60. The van der Waals surface area contributed by atoms with Crippen LogP contribution in [0.5, 0.6) is 0 Å². The molecule has 3 heterocycles. The zero-order valence-corrected chi connectivity index (χ0v) is 23.1. The molecule has 11 nitrogen and oxygen atoms in total. The molecule has 3 aromatic rings. The summed E-state index contributed by atoms with van der Waals surface area (Å²) in [5, 5.41) is 9.31. The van der Waals surface area contributed by atoms with Gasteiger partial charge in [-0.3, -0.25) is 9.36 Å². The first-order valence-corrected chi connectivity index (χ1v) is 14.7. The second kappa shape index (κ2) is 12.4. The number of fused-ring (bicyclic) bond motifs is 1. The molecule has 4 atom stereocenters. The van der Waals surface area contributed by atoms with E-state index in [9.17, 15) is 14.9 Å². The molecule has 2 aromatic heterocycles. The van der Waals surface area contributed by atoms with Crippen LogP contribution in [0.1, 0.15) is 52.3 Å². The van der Waals surface area contributed by atoms with Crippen molar-refractivity contribution in [3.8, 4) is 6.07 Å². The first kappa shape index (κ1) is 28.3. The topological polar surface area (TPSA) is 139 Å². The highest BCUT2D eigenvalue weighted by Crippen LogP contribution is 2.63. The molecule has 1 aliphatic rings. The maximum Gasteiger partial charge on any atom is 0.347 e. The van der Waals surface area contributed by atoms with E-state index in [0.29, 0.717) is 18.7 Å². The third kappa shape index (κ3) is 6.29. The minimum absolute atomic E-state index is 0.00597. The average molecular weight is 544 g/mol. The average Bonchev–Trinajstić information content (AvgIpc) is 3.48. The summed E-state index contributed by atoms with van der Waals surface area (Å²) in [7, 11) is -3.16. The minimum atomic E-state index is -3.16. The summed E-state index contributed by atoms with van der Waals surface area (Å²) in [5.74, 6) is 0. The molecule has 38 heavy (non-hydrogen) atoms. The van der Waals surface area contributed by atoms with Crippen molar-refractivity contribution in [2.24, 2.45) is 0 Å². The predicted molar refractivity (Wildman–Crippen MR) is 144 cm³/mol. The van der Waals surface area contributed by atoms with Gasteiger partial charge in [0.2, 0.25) is 0 Å². The van der Waals surface area contributed by atoms with Gasteiger partial charge in [0, 0.05) is 18.5 Å². The number of benzene rings is 1. The molecular formula is C26H36N6O5P+. The number of H-pyrrole nitrogens is 1. The number of rotatable bonds is 12. The third-order valence-corrected chi connectivity index (χ3v) is 9.55. The molecule has 1 saturated heterocycles. The Hall–Kier alpha value is -2.71. The summed E-state index contributed by atoms with van der Waals surface area (Å²) in [6.45, 7) is 8.68. The van der Waals surface area contributed by atoms with Crippen molar-refractivity contribution in [2.75, 3.05) is 12.8 Å². The number of imidazole rings is 1. The van der Waals surface area contributed by atoms with Gasteiger partial charge in [0.25, 0.3) is 5.56 Å². The van der Waals surface area contributed by atoms with E-state index in [4.69, 9.17) is 14.0 Å². The molecule has 0 radical (unpaired) electrons. The second-order valence-electron chi connectivity index (χ2n) is 9.93. The predicted octanol–water partition coefficient (Wildman–Crippen LogP) is 3.80. The second-order valence-corrected chi connectivity index (χ2v) is 12.4. The van der Waals surface area contributed by atoms with Gasteiger partial charge in [-0.1, -0.05) is 30.3 Å². The highest BCUT2D eigenvalue weighted by molar-refractivity contribution is 7.63. The fourth-order valence-corrected chi connectivity index (χ4v) is 7.96. The Bertz CT molecular complexity index is 1280. The van der Waals surface area contributed by atoms with E-state index >= 15 is 0 Å². The van der Waals surface area contributed by atoms with Gasteiger partial charge in [-0.05, 0) is 33.3 Å². The first-order chi connectivity index (χ1) is 18.2. The van der Waals surface area contributed by atoms with Crippen LogP contribution in [0.3, 0.4) is 0 Å². The summed E-state index contributed by atoms with van der Waals surface area (Å²) in [5.41, 5.74) is 1.33. The fraction of sp³-hybridized carbons (Fsp3) is 0.538. The van der Waals surface area contributed by atoms with Crippen LogP contribution in [0.15, 0.2) is 47.8 Å². The summed E-state index contributed by atoms with van der Waals surface area (Å²) in [6.07, 6.45) is 2.10. The van der Waals surface area contributed by atoms with Gasteiger partial charge in [-0.15, -0.1) is 4.67 Å². The summed E-state index contributed by atoms with van der Waals surface area (Å²) in [6, 6.07) is 12.0. The van der Waals surface area contributed by atoms with Crippen LogP contribution < -0.4 is 5.56 Å². The van der Waals surface area contributed by atoms with Crippen molar-refractivity contribution in [1.29, 1.82) is 5.26 Å². The van der Waals surface area contributed by atoms with Crippen LogP contribution in [0.4, 0.5) is 0 Å². The van der Waals surface area contributed by atoms with Crippen LogP contribution >= 0.6 is 7.87 Å². The molecule has 2 N–H and O–H groups in total. The lowest BCUT2D eigenvalue weighted by molar-refractivity contribution is -0.0630. The van der Waals surface area contributed by atoms with Crippen LogP contribution in [0.2, 0.25) is 0 Å². The van der Waals surface area contributed by atoms with Gasteiger partial charge < -0.3 is 14.5 Å². The van der Waals surface area contributed by atoms with E-state index in [-0.39, 0.29) is 42.3 Å². The Morgan fingerprint density at radius 3 is 2.68 bits per heavy atom. The number of nitriles is 1. The molecular weight excluding hydrogens is 507 g/mol. The Kier molecular flexibility index (Phi) is 9.26. The SMILES string of the molecule is CC(C)N(C(C)C)[P+](O)(CCC#N)O[C@H]1C[C@H](n2cnc3c(=O)[nH]cnc32)O[C@@H]1COCc1ccccc1. The first-order valence-electron chi connectivity index (χ1n) is 12.9. The smallest absolute Gasteiger partial charge is 0.347 e. The minimum Gasteiger partial charge on any atom is -0.374 e. The Morgan fingerprint density at radius 2 is 2.00 bits per heavy atom. The molecule has 0 aliphatic carbocycles. The Morgan fingerprint density at radius 1 is 1.26 bits per heavy atom. The maximum absolute atomic E-state index is 12.2. The van der Waals surface area contributed by atoms with Crippen LogP contribution in [-0.4, -0.2) is 66.1 Å². The molecule has 204 valence electrons. The molecule has 1 unspecified atom stereocenters. The zero-order chi connectivity index (χ0) is 27.3. The fourth-order valence-electron chi connectivity index (χ4n) is 5.03. The number of ether oxygens (including phenoxy) is 2. The van der Waals surface area contributed by atoms with Crippen LogP contribution in [-0.2, 0) is 20.6 Å².